The first-order valence-electron chi connectivity index (χ1n) is 12.0. The van der Waals surface area contributed by atoms with Gasteiger partial charge in [0.1, 0.15) is 12.1 Å². The Kier molecular flexibility index (Phi) is 10.2. The third-order valence-electron chi connectivity index (χ3n) is 6.77. The van der Waals surface area contributed by atoms with E-state index < -0.39 is 42.5 Å². The molecular formula is C23H40N4O5. The molecule has 1 aliphatic carbocycles. The maximum atomic E-state index is 12.4. The van der Waals surface area contributed by atoms with Crippen molar-refractivity contribution in [3.05, 3.63) is 0 Å². The minimum absolute atomic E-state index is 0.0190. The number of carbonyl (C=O) groups is 3. The molecule has 2 rings (SSSR count). The number of imide groups is 1. The molecule has 0 spiro atoms. The third-order valence-corrected chi connectivity index (χ3v) is 6.77. The van der Waals surface area contributed by atoms with Crippen molar-refractivity contribution in [2.75, 3.05) is 20.2 Å². The van der Waals surface area contributed by atoms with Gasteiger partial charge in [-0.25, -0.2) is 5.43 Å². The number of carbonyl (C=O) groups excluding carboxylic acids is 3. The van der Waals surface area contributed by atoms with Crippen molar-refractivity contribution < 1.29 is 24.6 Å². The lowest BCUT2D eigenvalue weighted by atomic mass is 9.72. The van der Waals surface area contributed by atoms with Crippen LogP contribution in [0, 0.1) is 11.8 Å². The van der Waals surface area contributed by atoms with E-state index >= 15 is 0 Å². The van der Waals surface area contributed by atoms with Crippen molar-refractivity contribution >= 4 is 23.4 Å². The van der Waals surface area contributed by atoms with Gasteiger partial charge in [0.25, 0.3) is 5.91 Å². The zero-order valence-electron chi connectivity index (χ0n) is 19.7. The highest BCUT2D eigenvalue weighted by atomic mass is 16.3. The van der Waals surface area contributed by atoms with Gasteiger partial charge in [-0.1, -0.05) is 58.8 Å². The van der Waals surface area contributed by atoms with Gasteiger partial charge in [0.05, 0.1) is 24.8 Å². The summed E-state index contributed by atoms with van der Waals surface area (Å²) < 4.78 is 0. The van der Waals surface area contributed by atoms with Crippen molar-refractivity contribution in [2.24, 2.45) is 16.9 Å². The smallest absolute Gasteiger partial charge is 0.260 e. The largest absolute Gasteiger partial charge is 0.390 e. The van der Waals surface area contributed by atoms with E-state index in [1.165, 1.54) is 0 Å². The molecule has 3 amide bonds. The molecule has 3 atom stereocenters. The molecule has 0 radical (unpaired) electrons. The van der Waals surface area contributed by atoms with Crippen LogP contribution in [0.5, 0.6) is 0 Å². The fraction of sp³-hybridized carbons (Fsp3) is 0.826. The summed E-state index contributed by atoms with van der Waals surface area (Å²) in [5.74, 6) is -0.836. The topological polar surface area (TPSA) is 131 Å². The molecule has 1 saturated carbocycles. The van der Waals surface area contributed by atoms with Gasteiger partial charge in [0, 0.05) is 0 Å². The Labute approximate surface area is 191 Å². The number of aliphatic hydroxyl groups excluding tert-OH is 1. The van der Waals surface area contributed by atoms with Gasteiger partial charge in [-0.2, -0.15) is 5.10 Å². The zero-order chi connectivity index (χ0) is 23.7. The maximum Gasteiger partial charge on any atom is 0.260 e. The first-order valence-corrected chi connectivity index (χ1v) is 12.0. The minimum Gasteiger partial charge on any atom is -0.390 e. The molecular weight excluding hydrogens is 412 g/mol. The summed E-state index contributed by atoms with van der Waals surface area (Å²) >= 11 is 0. The Balaban J connectivity index is 2.13. The monoisotopic (exact) mass is 452 g/mol. The van der Waals surface area contributed by atoms with E-state index in [2.05, 4.69) is 29.7 Å². The standard InChI is InChI=1S/C23H40N4O5/c1-4-7-16-9-6-10-17(8-5-2)13-23(32,12-16)19(15-28)25-26-20(29)14-27-21(30)11-18(24-3)22(27)31/h16-18,24,28,32H,4-15H2,1-3H3,(H,26,29)/b25-19+. The number of nitrogens with one attached hydrogen (secondary N) is 2. The first-order chi connectivity index (χ1) is 15.3. The third kappa shape index (κ3) is 6.83. The van der Waals surface area contributed by atoms with Crippen LogP contribution in [0.15, 0.2) is 5.10 Å². The van der Waals surface area contributed by atoms with Gasteiger partial charge < -0.3 is 15.5 Å². The van der Waals surface area contributed by atoms with E-state index in [-0.39, 0.29) is 12.1 Å². The van der Waals surface area contributed by atoms with E-state index in [1.807, 2.05) is 0 Å². The summed E-state index contributed by atoms with van der Waals surface area (Å²) in [6, 6.07) is -0.617. The number of nitrogens with zero attached hydrogens (tertiary/aromatic N) is 2. The molecule has 4 N–H and O–H groups in total. The highest BCUT2D eigenvalue weighted by Crippen LogP contribution is 2.37. The molecule has 0 aromatic rings. The van der Waals surface area contributed by atoms with Crippen LogP contribution in [0.3, 0.4) is 0 Å². The van der Waals surface area contributed by atoms with Crippen LogP contribution >= 0.6 is 0 Å². The number of amides is 3. The SMILES string of the molecule is CCCC1CCCC(CCC)CC(O)(/C(CO)=N/NC(=O)CN2C(=O)CC(NC)C2=O)C1. The van der Waals surface area contributed by atoms with Crippen LogP contribution in [0.4, 0.5) is 0 Å². The molecule has 2 fully saturated rings. The predicted molar refractivity (Wildman–Crippen MR) is 122 cm³/mol. The molecule has 2 aliphatic rings. The Morgan fingerprint density at radius 2 is 1.75 bits per heavy atom. The summed E-state index contributed by atoms with van der Waals surface area (Å²) in [4.78, 5) is 37.5. The Bertz CT molecular complexity index is 680. The van der Waals surface area contributed by atoms with Crippen molar-refractivity contribution in [1.29, 1.82) is 0 Å². The fourth-order valence-corrected chi connectivity index (χ4v) is 5.15. The average Bonchev–Trinajstić information content (AvgIpc) is 3.00. The number of likely N-dealkylation sites (N-methyl/N-ethyl adjacent to an activating group) is 1. The second-order valence-corrected chi connectivity index (χ2v) is 9.30. The van der Waals surface area contributed by atoms with Crippen molar-refractivity contribution in [3.63, 3.8) is 0 Å². The second-order valence-electron chi connectivity index (χ2n) is 9.30. The van der Waals surface area contributed by atoms with Gasteiger partial charge in [0.2, 0.25) is 11.8 Å². The lowest BCUT2D eigenvalue weighted by Gasteiger charge is -2.38. The average molecular weight is 453 g/mol. The van der Waals surface area contributed by atoms with Crippen LogP contribution in [0.25, 0.3) is 0 Å². The number of rotatable bonds is 10. The minimum atomic E-state index is -1.29. The van der Waals surface area contributed by atoms with Crippen LogP contribution in [-0.4, -0.2) is 70.4 Å². The first kappa shape index (κ1) is 26.4. The van der Waals surface area contributed by atoms with Gasteiger partial charge in [-0.15, -0.1) is 0 Å². The molecule has 0 bridgehead atoms. The number of hydrazone groups is 1. The lowest BCUT2D eigenvalue weighted by molar-refractivity contribution is -0.142. The van der Waals surface area contributed by atoms with Gasteiger partial charge in [0.15, 0.2) is 0 Å². The molecule has 0 aromatic carbocycles. The Morgan fingerprint density at radius 1 is 1.16 bits per heavy atom. The fourth-order valence-electron chi connectivity index (χ4n) is 5.15. The summed E-state index contributed by atoms with van der Waals surface area (Å²) in [7, 11) is 1.59. The molecule has 1 saturated heterocycles. The molecule has 9 nitrogen and oxygen atoms in total. The summed E-state index contributed by atoms with van der Waals surface area (Å²) in [6.45, 7) is 3.34. The Morgan fingerprint density at radius 3 is 2.22 bits per heavy atom. The number of likely N-dealkylation sites (tertiary alicyclic amines) is 1. The molecule has 3 unspecified atom stereocenters. The quantitative estimate of drug-likeness (QED) is 0.225. The van der Waals surface area contributed by atoms with E-state index in [0.717, 1.165) is 49.8 Å². The van der Waals surface area contributed by atoms with E-state index in [0.29, 0.717) is 24.7 Å². The molecule has 1 heterocycles. The zero-order valence-corrected chi connectivity index (χ0v) is 19.7. The summed E-state index contributed by atoms with van der Waals surface area (Å²) in [5.41, 5.74) is 1.20. The van der Waals surface area contributed by atoms with E-state index in [4.69, 9.17) is 0 Å². The van der Waals surface area contributed by atoms with Crippen molar-refractivity contribution in [1.82, 2.24) is 15.6 Å². The molecule has 1 aliphatic heterocycles. The Hall–Kier alpha value is -1.84. The number of hydrogen-bond donors (Lipinski definition) is 4. The summed E-state index contributed by atoms with van der Waals surface area (Å²) in [5, 5.41) is 28.5. The normalized spacial score (nSPS) is 29.7. The summed E-state index contributed by atoms with van der Waals surface area (Å²) in [6.07, 6.45) is 8.27. The van der Waals surface area contributed by atoms with Crippen LogP contribution in [0.1, 0.15) is 78.1 Å². The van der Waals surface area contributed by atoms with Gasteiger partial charge in [-0.3, -0.25) is 19.3 Å². The van der Waals surface area contributed by atoms with Crippen molar-refractivity contribution in [3.8, 4) is 0 Å². The highest BCUT2D eigenvalue weighted by molar-refractivity contribution is 6.07. The molecule has 182 valence electrons. The molecule has 32 heavy (non-hydrogen) atoms. The van der Waals surface area contributed by atoms with Crippen LogP contribution < -0.4 is 10.7 Å². The second kappa shape index (κ2) is 12.4. The predicted octanol–water partition coefficient (Wildman–Crippen LogP) is 1.33. The van der Waals surface area contributed by atoms with Crippen LogP contribution in [-0.2, 0) is 14.4 Å². The number of aliphatic hydroxyl groups is 2. The van der Waals surface area contributed by atoms with Gasteiger partial charge >= 0.3 is 0 Å². The number of hydrogen-bond acceptors (Lipinski definition) is 7. The van der Waals surface area contributed by atoms with E-state index in [9.17, 15) is 24.6 Å². The highest BCUT2D eigenvalue weighted by Gasteiger charge is 2.40. The molecule has 0 aromatic heterocycles. The van der Waals surface area contributed by atoms with Crippen molar-refractivity contribution in [2.45, 2.75) is 89.7 Å². The van der Waals surface area contributed by atoms with Gasteiger partial charge in [-0.05, 0) is 31.7 Å². The lowest BCUT2D eigenvalue weighted by Crippen LogP contribution is -2.47. The van der Waals surface area contributed by atoms with Crippen LogP contribution in [0.2, 0.25) is 0 Å². The maximum absolute atomic E-state index is 12.4. The van der Waals surface area contributed by atoms with E-state index in [1.54, 1.807) is 7.05 Å². The molecule has 9 heteroatoms.